The average molecular weight is 210 g/mol. The molecule has 0 aromatic rings. The van der Waals surface area contributed by atoms with Crippen LogP contribution in [0.2, 0.25) is 0 Å². The molecule has 4 bridgehead atoms. The molecule has 2 N–H and O–H groups in total. The predicted octanol–water partition coefficient (Wildman–Crippen LogP) is 1.50. The number of carbonyl (C=O) groups is 1. The molecule has 0 amide bonds. The first-order chi connectivity index (χ1) is 7.15. The van der Waals surface area contributed by atoms with Gasteiger partial charge in [-0.15, -0.1) is 0 Å². The number of aliphatic carboxylic acids is 1. The minimum absolute atomic E-state index is 0.0512. The Morgan fingerprint density at radius 1 is 1.00 bits per heavy atom. The Labute approximate surface area is 89.5 Å². The van der Waals surface area contributed by atoms with Crippen molar-refractivity contribution in [2.75, 3.05) is 0 Å². The van der Waals surface area contributed by atoms with Crippen LogP contribution in [0.25, 0.3) is 0 Å². The molecule has 1 unspecified atom stereocenters. The van der Waals surface area contributed by atoms with Crippen LogP contribution in [-0.2, 0) is 4.79 Å². The molecule has 0 aromatic carbocycles. The van der Waals surface area contributed by atoms with Crippen LogP contribution < -0.4 is 0 Å². The molecule has 0 radical (unpaired) electrons. The summed E-state index contributed by atoms with van der Waals surface area (Å²) in [5, 5.41) is 18.7. The third-order valence-corrected chi connectivity index (χ3v) is 4.92. The van der Waals surface area contributed by atoms with Gasteiger partial charge in [-0.25, -0.2) is 4.79 Å². The number of hydrogen-bond donors (Lipinski definition) is 2. The van der Waals surface area contributed by atoms with Gasteiger partial charge in [-0.3, -0.25) is 0 Å². The van der Waals surface area contributed by atoms with E-state index in [4.69, 9.17) is 5.11 Å². The molecule has 84 valence electrons. The molecule has 0 spiro atoms. The molecule has 3 nitrogen and oxygen atoms in total. The average Bonchev–Trinajstić information content (AvgIpc) is 2.15. The molecule has 4 rings (SSSR count). The number of aliphatic hydroxyl groups is 1. The normalized spacial score (nSPS) is 49.3. The minimum atomic E-state index is -1.11. The second kappa shape index (κ2) is 3.21. The van der Waals surface area contributed by atoms with Crippen LogP contribution in [0.3, 0.4) is 0 Å². The van der Waals surface area contributed by atoms with Crippen molar-refractivity contribution in [2.45, 2.75) is 38.2 Å². The number of carboxylic acids is 1. The van der Waals surface area contributed by atoms with Crippen LogP contribution in [0.15, 0.2) is 0 Å². The number of rotatable bonds is 2. The molecule has 0 saturated heterocycles. The van der Waals surface area contributed by atoms with Crippen LogP contribution in [0, 0.1) is 29.6 Å². The fourth-order valence-corrected chi connectivity index (χ4v) is 4.65. The highest BCUT2D eigenvalue weighted by atomic mass is 16.4. The lowest BCUT2D eigenvalue weighted by Crippen LogP contribution is -2.51. The van der Waals surface area contributed by atoms with E-state index in [1.54, 1.807) is 0 Å². The van der Waals surface area contributed by atoms with Crippen LogP contribution >= 0.6 is 0 Å². The number of carboxylic acid groups (broad SMARTS) is 1. The van der Waals surface area contributed by atoms with Gasteiger partial charge in [-0.2, -0.15) is 0 Å². The van der Waals surface area contributed by atoms with Crippen LogP contribution in [0.4, 0.5) is 0 Å². The second-order valence-corrected chi connectivity index (χ2v) is 5.79. The fourth-order valence-electron chi connectivity index (χ4n) is 4.65. The van der Waals surface area contributed by atoms with E-state index in [1.165, 1.54) is 32.1 Å². The Balaban J connectivity index is 1.83. The van der Waals surface area contributed by atoms with Gasteiger partial charge in [0.15, 0.2) is 6.10 Å². The Bertz CT molecular complexity index is 259. The van der Waals surface area contributed by atoms with Crippen LogP contribution in [0.5, 0.6) is 0 Å². The maximum absolute atomic E-state index is 10.9. The lowest BCUT2D eigenvalue weighted by Gasteiger charge is -2.55. The molecule has 4 aliphatic carbocycles. The minimum Gasteiger partial charge on any atom is -0.479 e. The summed E-state index contributed by atoms with van der Waals surface area (Å²) in [4.78, 5) is 10.9. The van der Waals surface area contributed by atoms with Gasteiger partial charge in [0.05, 0.1) is 0 Å². The molecule has 1 atom stereocenters. The SMILES string of the molecule is O=C(O)C(O)C1C2CC3CC(C2)CC1C3. The largest absolute Gasteiger partial charge is 0.479 e. The Hall–Kier alpha value is -0.570. The van der Waals surface area contributed by atoms with Gasteiger partial charge >= 0.3 is 5.97 Å². The van der Waals surface area contributed by atoms with E-state index in [2.05, 4.69) is 0 Å². The third kappa shape index (κ3) is 1.40. The van der Waals surface area contributed by atoms with Gasteiger partial charge in [-0.05, 0) is 55.8 Å². The summed E-state index contributed by atoms with van der Waals surface area (Å²) in [6, 6.07) is 0. The lowest BCUT2D eigenvalue weighted by molar-refractivity contribution is -0.161. The summed E-state index contributed by atoms with van der Waals surface area (Å²) >= 11 is 0. The van der Waals surface area contributed by atoms with E-state index in [-0.39, 0.29) is 5.92 Å². The predicted molar refractivity (Wildman–Crippen MR) is 54.2 cm³/mol. The second-order valence-electron chi connectivity index (χ2n) is 5.79. The molecule has 4 fully saturated rings. The summed E-state index contributed by atoms with van der Waals surface area (Å²) < 4.78 is 0. The van der Waals surface area contributed by atoms with E-state index in [1.807, 2.05) is 0 Å². The molecule has 4 aliphatic rings. The van der Waals surface area contributed by atoms with Gasteiger partial charge in [0, 0.05) is 5.92 Å². The highest BCUT2D eigenvalue weighted by Gasteiger charge is 2.51. The summed E-state index contributed by atoms with van der Waals surface area (Å²) in [5.74, 6) is 1.69. The number of aliphatic hydroxyl groups excluding tert-OH is 1. The highest BCUT2D eigenvalue weighted by molar-refractivity contribution is 5.72. The van der Waals surface area contributed by atoms with Crippen molar-refractivity contribution in [3.05, 3.63) is 0 Å². The first-order valence-electron chi connectivity index (χ1n) is 6.06. The lowest BCUT2D eigenvalue weighted by atomic mass is 9.51. The monoisotopic (exact) mass is 210 g/mol. The zero-order valence-electron chi connectivity index (χ0n) is 8.80. The number of hydrogen-bond acceptors (Lipinski definition) is 2. The summed E-state index contributed by atoms with van der Waals surface area (Å²) in [6.07, 6.45) is 4.93. The molecule has 3 heteroatoms. The first-order valence-corrected chi connectivity index (χ1v) is 6.06. The Morgan fingerprint density at radius 3 is 1.87 bits per heavy atom. The van der Waals surface area contributed by atoms with Crippen molar-refractivity contribution < 1.29 is 15.0 Å². The maximum atomic E-state index is 10.9. The Morgan fingerprint density at radius 2 is 1.47 bits per heavy atom. The van der Waals surface area contributed by atoms with E-state index in [9.17, 15) is 9.90 Å². The molecule has 0 aromatic heterocycles. The van der Waals surface area contributed by atoms with Crippen molar-refractivity contribution in [1.29, 1.82) is 0 Å². The summed E-state index contributed by atoms with van der Waals surface area (Å²) in [7, 11) is 0. The van der Waals surface area contributed by atoms with Crippen LogP contribution in [-0.4, -0.2) is 22.3 Å². The van der Waals surface area contributed by atoms with Crippen molar-refractivity contribution in [2.24, 2.45) is 29.6 Å². The van der Waals surface area contributed by atoms with Crippen LogP contribution in [0.1, 0.15) is 32.1 Å². The van der Waals surface area contributed by atoms with Crippen molar-refractivity contribution >= 4 is 5.97 Å². The fraction of sp³-hybridized carbons (Fsp3) is 0.917. The van der Waals surface area contributed by atoms with E-state index >= 15 is 0 Å². The smallest absolute Gasteiger partial charge is 0.332 e. The molecule has 0 aliphatic heterocycles. The topological polar surface area (TPSA) is 57.5 Å². The van der Waals surface area contributed by atoms with Crippen molar-refractivity contribution in [1.82, 2.24) is 0 Å². The van der Waals surface area contributed by atoms with Gasteiger partial charge in [0.2, 0.25) is 0 Å². The molecular weight excluding hydrogens is 192 g/mol. The van der Waals surface area contributed by atoms with Gasteiger partial charge < -0.3 is 10.2 Å². The van der Waals surface area contributed by atoms with E-state index in [0.717, 1.165) is 11.8 Å². The Kier molecular flexibility index (Phi) is 2.06. The summed E-state index contributed by atoms with van der Waals surface area (Å²) in [6.45, 7) is 0. The van der Waals surface area contributed by atoms with Gasteiger partial charge in [0.25, 0.3) is 0 Å². The van der Waals surface area contributed by atoms with Gasteiger partial charge in [0.1, 0.15) is 0 Å². The van der Waals surface area contributed by atoms with E-state index < -0.39 is 12.1 Å². The first kappa shape index (κ1) is 9.64. The third-order valence-electron chi connectivity index (χ3n) is 4.92. The molecular formula is C12H18O3. The highest BCUT2D eigenvalue weighted by Crippen LogP contribution is 2.57. The van der Waals surface area contributed by atoms with Crippen molar-refractivity contribution in [3.63, 3.8) is 0 Å². The molecule has 15 heavy (non-hydrogen) atoms. The summed E-state index contributed by atoms with van der Waals surface area (Å²) in [5.41, 5.74) is 0. The maximum Gasteiger partial charge on any atom is 0.332 e. The quantitative estimate of drug-likeness (QED) is 0.726. The molecule has 0 heterocycles. The zero-order valence-corrected chi connectivity index (χ0v) is 8.80. The van der Waals surface area contributed by atoms with Crippen molar-refractivity contribution in [3.8, 4) is 0 Å². The zero-order chi connectivity index (χ0) is 10.6. The molecule has 4 saturated carbocycles. The van der Waals surface area contributed by atoms with Gasteiger partial charge in [-0.1, -0.05) is 0 Å². The standard InChI is InChI=1S/C12H18O3/c13-11(12(14)15)10-8-2-6-1-7(4-8)5-9(10)3-6/h6-11,13H,1-5H2,(H,14,15). The van der Waals surface area contributed by atoms with E-state index in [0.29, 0.717) is 11.8 Å².